The Hall–Kier alpha value is -3.49. The van der Waals surface area contributed by atoms with E-state index in [1.807, 2.05) is 42.3 Å². The molecule has 4 rings (SSSR count). The Labute approximate surface area is 142 Å². The predicted molar refractivity (Wildman–Crippen MR) is 90.7 cm³/mol. The topological polar surface area (TPSA) is 94.9 Å². The van der Waals surface area contributed by atoms with Gasteiger partial charge >= 0.3 is 0 Å². The molecule has 1 N–H and O–H groups in total. The summed E-state index contributed by atoms with van der Waals surface area (Å²) in [6, 6.07) is 5.57. The maximum atomic E-state index is 12.0. The van der Waals surface area contributed by atoms with Gasteiger partial charge in [-0.2, -0.15) is 15.2 Å². The van der Waals surface area contributed by atoms with E-state index in [0.717, 1.165) is 17.7 Å². The molecule has 0 aliphatic heterocycles. The largest absolute Gasteiger partial charge is 0.292 e. The fourth-order valence-corrected chi connectivity index (χ4v) is 2.50. The SMILES string of the molecule is CCn1cc(-c2ccc3nc(NC(=O)Cn4cccn4)nn3c2)cn1. The zero-order chi connectivity index (χ0) is 17.2. The summed E-state index contributed by atoms with van der Waals surface area (Å²) in [6.45, 7) is 2.97. The van der Waals surface area contributed by atoms with Gasteiger partial charge in [-0.1, -0.05) is 0 Å². The van der Waals surface area contributed by atoms with Gasteiger partial charge in [0.25, 0.3) is 0 Å². The van der Waals surface area contributed by atoms with Crippen molar-refractivity contribution in [3.63, 3.8) is 0 Å². The molecule has 25 heavy (non-hydrogen) atoms. The lowest BCUT2D eigenvalue weighted by Crippen LogP contribution is -2.19. The second kappa shape index (κ2) is 6.19. The van der Waals surface area contributed by atoms with Crippen LogP contribution in [0.5, 0.6) is 0 Å². The third kappa shape index (κ3) is 3.11. The van der Waals surface area contributed by atoms with Crippen LogP contribution >= 0.6 is 0 Å². The van der Waals surface area contributed by atoms with Gasteiger partial charge in [-0.05, 0) is 25.1 Å². The molecule has 4 heterocycles. The summed E-state index contributed by atoms with van der Waals surface area (Å²) in [5.41, 5.74) is 2.64. The molecule has 9 nitrogen and oxygen atoms in total. The number of carbonyl (C=O) groups is 1. The van der Waals surface area contributed by atoms with Crippen LogP contribution in [0.4, 0.5) is 5.95 Å². The summed E-state index contributed by atoms with van der Waals surface area (Å²) < 4.78 is 5.04. The van der Waals surface area contributed by atoms with Crippen molar-refractivity contribution >= 4 is 17.5 Å². The minimum absolute atomic E-state index is 0.115. The van der Waals surface area contributed by atoms with Crippen LogP contribution in [-0.2, 0) is 17.9 Å². The van der Waals surface area contributed by atoms with E-state index < -0.39 is 0 Å². The number of anilines is 1. The molecule has 0 saturated carbocycles. The lowest BCUT2D eigenvalue weighted by Gasteiger charge is -2.00. The van der Waals surface area contributed by atoms with E-state index in [2.05, 4.69) is 25.6 Å². The lowest BCUT2D eigenvalue weighted by molar-refractivity contribution is -0.116. The van der Waals surface area contributed by atoms with Crippen LogP contribution in [0.15, 0.2) is 49.2 Å². The minimum atomic E-state index is -0.232. The molecule has 0 saturated heterocycles. The molecule has 126 valence electrons. The van der Waals surface area contributed by atoms with Crippen molar-refractivity contribution in [3.8, 4) is 11.1 Å². The molecule has 0 unspecified atom stereocenters. The van der Waals surface area contributed by atoms with Crippen molar-refractivity contribution in [2.24, 2.45) is 0 Å². The summed E-state index contributed by atoms with van der Waals surface area (Å²) in [5, 5.41) is 15.3. The van der Waals surface area contributed by atoms with Crippen molar-refractivity contribution in [1.82, 2.24) is 34.2 Å². The Kier molecular flexibility index (Phi) is 3.73. The van der Waals surface area contributed by atoms with E-state index in [0.29, 0.717) is 5.65 Å². The van der Waals surface area contributed by atoms with Crippen LogP contribution in [-0.4, -0.2) is 40.1 Å². The Balaban J connectivity index is 1.54. The first-order valence-electron chi connectivity index (χ1n) is 7.88. The minimum Gasteiger partial charge on any atom is -0.292 e. The molecule has 4 aromatic rings. The van der Waals surface area contributed by atoms with E-state index in [1.54, 1.807) is 23.0 Å². The summed E-state index contributed by atoms with van der Waals surface area (Å²) >= 11 is 0. The van der Waals surface area contributed by atoms with Gasteiger partial charge in [0.1, 0.15) is 6.54 Å². The average Bonchev–Trinajstić information content (AvgIpc) is 3.34. The summed E-state index contributed by atoms with van der Waals surface area (Å²) in [5.74, 6) is 0.0302. The first-order chi connectivity index (χ1) is 12.2. The smallest absolute Gasteiger partial charge is 0.249 e. The molecule has 0 aromatic carbocycles. The number of amides is 1. The van der Waals surface area contributed by atoms with Crippen LogP contribution in [0.1, 0.15) is 6.92 Å². The molecule has 0 atom stereocenters. The van der Waals surface area contributed by atoms with E-state index in [1.165, 1.54) is 4.68 Å². The van der Waals surface area contributed by atoms with E-state index in [9.17, 15) is 4.79 Å². The number of pyridine rings is 1. The monoisotopic (exact) mass is 336 g/mol. The quantitative estimate of drug-likeness (QED) is 0.595. The maximum Gasteiger partial charge on any atom is 0.249 e. The molecular formula is C16H16N8O. The fraction of sp³-hybridized carbons (Fsp3) is 0.188. The van der Waals surface area contributed by atoms with Crippen molar-refractivity contribution in [2.75, 3.05) is 5.32 Å². The molecular weight excluding hydrogens is 320 g/mol. The van der Waals surface area contributed by atoms with Crippen molar-refractivity contribution < 1.29 is 4.79 Å². The third-order valence-electron chi connectivity index (χ3n) is 3.74. The molecule has 1 amide bonds. The number of hydrogen-bond acceptors (Lipinski definition) is 5. The van der Waals surface area contributed by atoms with Gasteiger partial charge in [0.2, 0.25) is 11.9 Å². The normalized spacial score (nSPS) is 11.1. The summed E-state index contributed by atoms with van der Waals surface area (Å²) in [4.78, 5) is 16.3. The molecule has 0 fully saturated rings. The van der Waals surface area contributed by atoms with Crippen molar-refractivity contribution in [1.29, 1.82) is 0 Å². The average molecular weight is 336 g/mol. The summed E-state index contributed by atoms with van der Waals surface area (Å²) in [6.07, 6.45) is 9.00. The first-order valence-corrected chi connectivity index (χ1v) is 7.88. The van der Waals surface area contributed by atoms with Gasteiger partial charge in [0, 0.05) is 42.5 Å². The van der Waals surface area contributed by atoms with E-state index >= 15 is 0 Å². The number of rotatable bonds is 5. The molecule has 0 bridgehead atoms. The second-order valence-electron chi connectivity index (χ2n) is 5.49. The van der Waals surface area contributed by atoms with Crippen LogP contribution in [0, 0.1) is 0 Å². The Morgan fingerprint density at radius 2 is 2.08 bits per heavy atom. The highest BCUT2D eigenvalue weighted by molar-refractivity contribution is 5.88. The number of hydrogen-bond donors (Lipinski definition) is 1. The van der Waals surface area contributed by atoms with Gasteiger partial charge in [0.05, 0.1) is 6.20 Å². The lowest BCUT2D eigenvalue weighted by atomic mass is 10.2. The fourth-order valence-electron chi connectivity index (χ4n) is 2.50. The standard InChI is InChI=1S/C16H16N8O/c1-2-22-9-13(8-18-22)12-4-5-14-19-16(21-24(14)10-12)20-15(25)11-23-7-3-6-17-23/h3-10H,2,11H2,1H3,(H,20,21,25). The molecule has 4 aromatic heterocycles. The molecule has 0 radical (unpaired) electrons. The van der Waals surface area contributed by atoms with Crippen molar-refractivity contribution in [3.05, 3.63) is 49.2 Å². The van der Waals surface area contributed by atoms with Crippen LogP contribution in [0.25, 0.3) is 16.8 Å². The highest BCUT2D eigenvalue weighted by Crippen LogP contribution is 2.19. The Bertz CT molecular complexity index is 1010. The first kappa shape index (κ1) is 15.1. The Morgan fingerprint density at radius 3 is 2.84 bits per heavy atom. The third-order valence-corrected chi connectivity index (χ3v) is 3.74. The zero-order valence-corrected chi connectivity index (χ0v) is 13.6. The number of aromatic nitrogens is 7. The van der Waals surface area contributed by atoms with Gasteiger partial charge in [-0.25, -0.2) is 4.52 Å². The molecule has 0 aliphatic carbocycles. The number of nitrogens with one attached hydrogen (secondary N) is 1. The second-order valence-corrected chi connectivity index (χ2v) is 5.49. The maximum absolute atomic E-state index is 12.0. The van der Waals surface area contributed by atoms with E-state index in [4.69, 9.17) is 0 Å². The highest BCUT2D eigenvalue weighted by atomic mass is 16.2. The molecule has 0 spiro atoms. The Morgan fingerprint density at radius 1 is 1.16 bits per heavy atom. The van der Waals surface area contributed by atoms with Gasteiger partial charge in [-0.3, -0.25) is 19.5 Å². The summed E-state index contributed by atoms with van der Waals surface area (Å²) in [7, 11) is 0. The van der Waals surface area contributed by atoms with Crippen LogP contribution < -0.4 is 5.32 Å². The highest BCUT2D eigenvalue weighted by Gasteiger charge is 2.10. The van der Waals surface area contributed by atoms with Gasteiger partial charge in [0.15, 0.2) is 5.65 Å². The zero-order valence-electron chi connectivity index (χ0n) is 13.6. The molecule has 0 aliphatic rings. The number of fused-ring (bicyclic) bond motifs is 1. The van der Waals surface area contributed by atoms with Crippen molar-refractivity contribution in [2.45, 2.75) is 20.0 Å². The number of aryl methyl sites for hydroxylation is 1. The molecule has 9 heteroatoms. The van der Waals surface area contributed by atoms with E-state index in [-0.39, 0.29) is 18.4 Å². The van der Waals surface area contributed by atoms with Crippen LogP contribution in [0.2, 0.25) is 0 Å². The van der Waals surface area contributed by atoms with Crippen LogP contribution in [0.3, 0.4) is 0 Å². The van der Waals surface area contributed by atoms with Gasteiger partial charge < -0.3 is 0 Å². The number of nitrogens with zero attached hydrogens (tertiary/aromatic N) is 7. The number of carbonyl (C=O) groups excluding carboxylic acids is 1. The predicted octanol–water partition coefficient (Wildman–Crippen LogP) is 1.45. The van der Waals surface area contributed by atoms with Gasteiger partial charge in [-0.15, -0.1) is 5.10 Å².